The lowest BCUT2D eigenvalue weighted by molar-refractivity contribution is -0.122. The number of hydrogen-bond acceptors (Lipinski definition) is 5. The van der Waals surface area contributed by atoms with Gasteiger partial charge in [0.25, 0.3) is 5.91 Å². The Morgan fingerprint density at radius 2 is 1.62 bits per heavy atom. The molecule has 7 heteroatoms. The van der Waals surface area contributed by atoms with Crippen molar-refractivity contribution in [1.29, 1.82) is 0 Å². The Kier molecular flexibility index (Phi) is 5.66. The van der Waals surface area contributed by atoms with Crippen LogP contribution in [0.25, 0.3) is 23.0 Å². The number of aromatic nitrogens is 3. The van der Waals surface area contributed by atoms with E-state index in [-0.39, 0.29) is 5.91 Å². The molecular formula is C25H18N4OS2. The van der Waals surface area contributed by atoms with Gasteiger partial charge in [0.2, 0.25) is 0 Å². The molecule has 0 aliphatic carbocycles. The quantitative estimate of drug-likeness (QED) is 0.301. The van der Waals surface area contributed by atoms with Crippen LogP contribution in [0.15, 0.2) is 96.3 Å². The lowest BCUT2D eigenvalue weighted by atomic mass is 10.1. The highest BCUT2D eigenvalue weighted by molar-refractivity contribution is 8.26. The van der Waals surface area contributed by atoms with Gasteiger partial charge in [-0.2, -0.15) is 5.10 Å². The van der Waals surface area contributed by atoms with E-state index < -0.39 is 0 Å². The van der Waals surface area contributed by atoms with E-state index in [2.05, 4.69) is 4.98 Å². The summed E-state index contributed by atoms with van der Waals surface area (Å²) in [4.78, 5) is 19.5. The molecule has 156 valence electrons. The van der Waals surface area contributed by atoms with Gasteiger partial charge in [-0.25, -0.2) is 4.68 Å². The molecule has 32 heavy (non-hydrogen) atoms. The normalized spacial score (nSPS) is 15.0. The molecule has 1 aliphatic heterocycles. The first kappa shape index (κ1) is 20.4. The number of carbonyl (C=O) groups excluding carboxylic acids is 1. The first-order valence-corrected chi connectivity index (χ1v) is 11.3. The van der Waals surface area contributed by atoms with Gasteiger partial charge in [0.1, 0.15) is 10.0 Å². The van der Waals surface area contributed by atoms with Crippen molar-refractivity contribution < 1.29 is 4.79 Å². The van der Waals surface area contributed by atoms with Crippen LogP contribution in [0.2, 0.25) is 0 Å². The highest BCUT2D eigenvalue weighted by Gasteiger charge is 2.32. The van der Waals surface area contributed by atoms with E-state index in [9.17, 15) is 4.79 Å². The molecule has 4 aromatic rings. The van der Waals surface area contributed by atoms with Crippen LogP contribution in [0.3, 0.4) is 0 Å². The second-order valence-electron chi connectivity index (χ2n) is 7.20. The Labute approximate surface area is 195 Å². The van der Waals surface area contributed by atoms with Crippen LogP contribution >= 0.6 is 24.0 Å². The number of para-hydroxylation sites is 1. The van der Waals surface area contributed by atoms with E-state index >= 15 is 0 Å². The number of pyridine rings is 1. The molecule has 0 radical (unpaired) electrons. The highest BCUT2D eigenvalue weighted by atomic mass is 32.2. The van der Waals surface area contributed by atoms with Crippen molar-refractivity contribution in [2.45, 2.75) is 6.54 Å². The zero-order valence-corrected chi connectivity index (χ0v) is 18.6. The summed E-state index contributed by atoms with van der Waals surface area (Å²) >= 11 is 6.84. The van der Waals surface area contributed by atoms with Crippen LogP contribution in [0.5, 0.6) is 0 Å². The van der Waals surface area contributed by atoms with Gasteiger partial charge >= 0.3 is 0 Å². The second-order valence-corrected chi connectivity index (χ2v) is 8.88. The summed E-state index contributed by atoms with van der Waals surface area (Å²) < 4.78 is 2.39. The summed E-state index contributed by atoms with van der Waals surface area (Å²) in [5, 5.41) is 4.80. The number of amides is 1. The Bertz CT molecular complexity index is 1300. The average Bonchev–Trinajstić information content (AvgIpc) is 3.38. The van der Waals surface area contributed by atoms with Crippen molar-refractivity contribution in [2.75, 3.05) is 0 Å². The molecule has 2 aromatic heterocycles. The molecule has 1 saturated heterocycles. The fourth-order valence-electron chi connectivity index (χ4n) is 3.48. The predicted octanol–water partition coefficient (Wildman–Crippen LogP) is 5.34. The Hall–Kier alpha value is -3.55. The maximum absolute atomic E-state index is 13.2. The van der Waals surface area contributed by atoms with E-state index in [0.29, 0.717) is 15.8 Å². The molecule has 1 fully saturated rings. The van der Waals surface area contributed by atoms with Crippen LogP contribution in [0.4, 0.5) is 0 Å². The fourth-order valence-corrected chi connectivity index (χ4v) is 4.73. The van der Waals surface area contributed by atoms with E-state index in [1.165, 1.54) is 11.8 Å². The second kappa shape index (κ2) is 8.90. The molecule has 1 amide bonds. The zero-order chi connectivity index (χ0) is 21.9. The first-order chi connectivity index (χ1) is 15.7. The molecule has 5 rings (SSSR count). The molecular weight excluding hydrogens is 436 g/mol. The number of rotatable bonds is 5. The summed E-state index contributed by atoms with van der Waals surface area (Å²) in [5.41, 5.74) is 4.55. The van der Waals surface area contributed by atoms with Crippen molar-refractivity contribution in [3.8, 4) is 16.9 Å². The van der Waals surface area contributed by atoms with Gasteiger partial charge in [0.15, 0.2) is 0 Å². The lowest BCUT2D eigenvalue weighted by Gasteiger charge is -2.14. The summed E-state index contributed by atoms with van der Waals surface area (Å²) in [7, 11) is 0. The minimum absolute atomic E-state index is 0.0861. The molecule has 5 nitrogen and oxygen atoms in total. The van der Waals surface area contributed by atoms with E-state index in [1.807, 2.05) is 89.8 Å². The van der Waals surface area contributed by atoms with Crippen LogP contribution in [-0.2, 0) is 11.3 Å². The topological polar surface area (TPSA) is 51.0 Å². The Morgan fingerprint density at radius 1 is 0.938 bits per heavy atom. The molecule has 0 bridgehead atoms. The van der Waals surface area contributed by atoms with Gasteiger partial charge < -0.3 is 0 Å². The fraction of sp³-hybridized carbons (Fsp3) is 0.0400. The first-order valence-electron chi connectivity index (χ1n) is 10.0. The Morgan fingerprint density at radius 3 is 2.34 bits per heavy atom. The summed E-state index contributed by atoms with van der Waals surface area (Å²) in [6, 6.07) is 23.6. The van der Waals surface area contributed by atoms with Crippen molar-refractivity contribution in [3.63, 3.8) is 0 Å². The molecule has 0 spiro atoms. The number of nitrogens with zero attached hydrogens (tertiary/aromatic N) is 4. The predicted molar refractivity (Wildman–Crippen MR) is 132 cm³/mol. The largest absolute Gasteiger partial charge is 0.288 e. The standard InChI is InChI=1S/C25H18N4OS2/c30-24-22(32-25(31)28(24)16-18-7-3-1-4-8-18)15-20-17-29(21-9-5-2-6-10-21)27-23(20)19-11-13-26-14-12-19/h1-15,17H,16H2. The SMILES string of the molecule is O=C1C(=Cc2cn(-c3ccccc3)nc2-c2ccncc2)SC(=S)N1Cc1ccccc1. The highest BCUT2D eigenvalue weighted by Crippen LogP contribution is 2.35. The number of thioether (sulfide) groups is 1. The third kappa shape index (κ3) is 4.12. The molecule has 2 aromatic carbocycles. The average molecular weight is 455 g/mol. The van der Waals surface area contributed by atoms with E-state index in [0.717, 1.165) is 28.1 Å². The number of hydrogen-bond donors (Lipinski definition) is 0. The maximum Gasteiger partial charge on any atom is 0.266 e. The molecule has 0 atom stereocenters. The van der Waals surface area contributed by atoms with E-state index in [4.69, 9.17) is 17.3 Å². The van der Waals surface area contributed by atoms with Gasteiger partial charge in [-0.15, -0.1) is 0 Å². The van der Waals surface area contributed by atoms with Crippen molar-refractivity contribution in [1.82, 2.24) is 19.7 Å². The number of benzene rings is 2. The molecule has 3 heterocycles. The lowest BCUT2D eigenvalue weighted by Crippen LogP contribution is -2.27. The van der Waals surface area contributed by atoms with Crippen LogP contribution in [-0.4, -0.2) is 29.9 Å². The minimum Gasteiger partial charge on any atom is -0.288 e. The molecule has 1 aliphatic rings. The van der Waals surface area contributed by atoms with Crippen molar-refractivity contribution in [3.05, 3.63) is 107 Å². The minimum atomic E-state index is -0.0861. The van der Waals surface area contributed by atoms with Gasteiger partial charge in [-0.3, -0.25) is 14.7 Å². The maximum atomic E-state index is 13.2. The zero-order valence-electron chi connectivity index (χ0n) is 17.0. The summed E-state index contributed by atoms with van der Waals surface area (Å²) in [6.45, 7) is 0.462. The van der Waals surface area contributed by atoms with Gasteiger partial charge in [-0.1, -0.05) is 72.5 Å². The van der Waals surface area contributed by atoms with Crippen LogP contribution < -0.4 is 0 Å². The number of thiocarbonyl (C=S) groups is 1. The summed E-state index contributed by atoms with van der Waals surface area (Å²) in [5.74, 6) is -0.0861. The van der Waals surface area contributed by atoms with Gasteiger partial charge in [0, 0.05) is 29.7 Å². The van der Waals surface area contributed by atoms with Crippen LogP contribution in [0.1, 0.15) is 11.1 Å². The smallest absolute Gasteiger partial charge is 0.266 e. The van der Waals surface area contributed by atoms with Gasteiger partial charge in [0.05, 0.1) is 17.1 Å². The van der Waals surface area contributed by atoms with E-state index in [1.54, 1.807) is 17.3 Å². The monoisotopic (exact) mass is 454 g/mol. The third-order valence-electron chi connectivity index (χ3n) is 5.06. The van der Waals surface area contributed by atoms with Crippen molar-refractivity contribution in [2.24, 2.45) is 0 Å². The van der Waals surface area contributed by atoms with Crippen molar-refractivity contribution >= 4 is 40.3 Å². The summed E-state index contributed by atoms with van der Waals surface area (Å²) in [6.07, 6.45) is 7.29. The molecule has 0 unspecified atom stereocenters. The number of carbonyl (C=O) groups is 1. The Balaban J connectivity index is 1.52. The molecule has 0 N–H and O–H groups in total. The van der Waals surface area contributed by atoms with Gasteiger partial charge in [-0.05, 0) is 35.9 Å². The van der Waals surface area contributed by atoms with Crippen LogP contribution in [0, 0.1) is 0 Å². The molecule has 0 saturated carbocycles. The third-order valence-corrected chi connectivity index (χ3v) is 6.44.